The van der Waals surface area contributed by atoms with Crippen molar-refractivity contribution in [2.75, 3.05) is 12.4 Å². The van der Waals surface area contributed by atoms with Crippen LogP contribution in [0.1, 0.15) is 18.9 Å². The minimum atomic E-state index is -1.06. The van der Waals surface area contributed by atoms with Gasteiger partial charge in [0.2, 0.25) is 11.8 Å². The molecule has 2 aromatic carbocycles. The summed E-state index contributed by atoms with van der Waals surface area (Å²) in [7, 11) is 1.18. The Labute approximate surface area is 161 Å². The number of methoxy groups -OCH3 is 1. The topological polar surface area (TPSA) is 93.7 Å². The molecule has 0 saturated carbocycles. The van der Waals surface area contributed by atoms with Crippen molar-refractivity contribution in [2.45, 2.75) is 26.0 Å². The van der Waals surface area contributed by atoms with E-state index < -0.39 is 23.8 Å². The van der Waals surface area contributed by atoms with Gasteiger partial charge < -0.3 is 20.1 Å². The lowest BCUT2D eigenvalue weighted by molar-refractivity contribution is -0.146. The zero-order chi connectivity index (χ0) is 20.5. The first-order valence-corrected chi connectivity index (χ1v) is 8.49. The van der Waals surface area contributed by atoms with Crippen LogP contribution in [0.4, 0.5) is 10.1 Å². The second kappa shape index (κ2) is 10.1. The predicted octanol–water partition coefficient (Wildman–Crippen LogP) is 2.41. The molecule has 1 atom stereocenters. The number of nitrogens with one attached hydrogen (secondary N) is 2. The van der Waals surface area contributed by atoms with Crippen LogP contribution in [0.3, 0.4) is 0 Å². The van der Waals surface area contributed by atoms with Crippen LogP contribution in [0.5, 0.6) is 5.75 Å². The Morgan fingerprint density at radius 1 is 1.11 bits per heavy atom. The molecule has 2 rings (SSSR count). The van der Waals surface area contributed by atoms with E-state index in [1.54, 1.807) is 36.4 Å². The zero-order valence-electron chi connectivity index (χ0n) is 15.5. The van der Waals surface area contributed by atoms with E-state index in [0.717, 1.165) is 0 Å². The number of halogens is 1. The molecule has 0 radical (unpaired) electrons. The van der Waals surface area contributed by atoms with Gasteiger partial charge in [-0.3, -0.25) is 9.59 Å². The summed E-state index contributed by atoms with van der Waals surface area (Å²) in [5.41, 5.74) is 1.19. The largest absolute Gasteiger partial charge is 0.489 e. The van der Waals surface area contributed by atoms with Crippen LogP contribution in [-0.2, 0) is 25.7 Å². The molecule has 0 aliphatic rings. The third-order valence-corrected chi connectivity index (χ3v) is 3.69. The van der Waals surface area contributed by atoms with Crippen molar-refractivity contribution in [2.24, 2.45) is 0 Å². The van der Waals surface area contributed by atoms with Crippen LogP contribution in [-0.4, -0.2) is 30.9 Å². The highest BCUT2D eigenvalue weighted by molar-refractivity contribution is 5.95. The molecule has 0 spiro atoms. The molecular formula is C20H21FN2O5. The summed E-state index contributed by atoms with van der Waals surface area (Å²) >= 11 is 0. The highest BCUT2D eigenvalue weighted by Gasteiger charge is 2.23. The Bertz CT molecular complexity index is 839. The highest BCUT2D eigenvalue weighted by Crippen LogP contribution is 2.17. The van der Waals surface area contributed by atoms with Crippen LogP contribution in [0.25, 0.3) is 0 Å². The molecule has 0 aliphatic carbocycles. The molecule has 28 heavy (non-hydrogen) atoms. The van der Waals surface area contributed by atoms with Crippen molar-refractivity contribution in [1.82, 2.24) is 5.32 Å². The van der Waals surface area contributed by atoms with E-state index in [-0.39, 0.29) is 18.8 Å². The van der Waals surface area contributed by atoms with Gasteiger partial charge in [-0.25, -0.2) is 9.18 Å². The van der Waals surface area contributed by atoms with Crippen LogP contribution in [0, 0.1) is 5.82 Å². The van der Waals surface area contributed by atoms with Gasteiger partial charge in [0, 0.05) is 12.6 Å². The first kappa shape index (κ1) is 20.9. The van der Waals surface area contributed by atoms with E-state index in [1.807, 2.05) is 0 Å². The standard InChI is InChI=1S/C20H21FN2O5/c1-13(24)22-18(20(26)27-2)11-19(25)23-16-6-8-17(9-7-16)28-12-14-4-3-5-15(21)10-14/h3-10,18H,11-12H2,1-2H3,(H,22,24)(H,23,25). The van der Waals surface area contributed by atoms with Gasteiger partial charge in [-0.2, -0.15) is 0 Å². The summed E-state index contributed by atoms with van der Waals surface area (Å²) in [6, 6.07) is 11.6. The number of anilines is 1. The van der Waals surface area contributed by atoms with Gasteiger partial charge in [0.05, 0.1) is 13.5 Å². The van der Waals surface area contributed by atoms with Crippen molar-refractivity contribution in [3.8, 4) is 5.75 Å². The monoisotopic (exact) mass is 388 g/mol. The van der Waals surface area contributed by atoms with E-state index in [4.69, 9.17) is 4.74 Å². The van der Waals surface area contributed by atoms with Gasteiger partial charge in [0.1, 0.15) is 24.2 Å². The van der Waals surface area contributed by atoms with E-state index in [1.165, 1.54) is 26.2 Å². The van der Waals surface area contributed by atoms with Crippen LogP contribution in [0.15, 0.2) is 48.5 Å². The van der Waals surface area contributed by atoms with E-state index in [2.05, 4.69) is 15.4 Å². The maximum atomic E-state index is 13.2. The van der Waals surface area contributed by atoms with Crippen molar-refractivity contribution in [3.05, 3.63) is 59.9 Å². The molecule has 148 valence electrons. The fourth-order valence-electron chi connectivity index (χ4n) is 2.41. The molecular weight excluding hydrogens is 367 g/mol. The number of rotatable bonds is 8. The molecule has 0 bridgehead atoms. The summed E-state index contributed by atoms with van der Waals surface area (Å²) in [6.45, 7) is 1.46. The minimum Gasteiger partial charge on any atom is -0.489 e. The Morgan fingerprint density at radius 2 is 1.82 bits per heavy atom. The van der Waals surface area contributed by atoms with E-state index in [9.17, 15) is 18.8 Å². The number of carbonyl (C=O) groups excluding carboxylic acids is 3. The molecule has 8 heteroatoms. The number of hydrogen-bond acceptors (Lipinski definition) is 5. The molecule has 7 nitrogen and oxygen atoms in total. The maximum Gasteiger partial charge on any atom is 0.328 e. The van der Waals surface area contributed by atoms with E-state index >= 15 is 0 Å². The summed E-state index contributed by atoms with van der Waals surface area (Å²) in [6.07, 6.45) is -0.260. The average Bonchev–Trinajstić information content (AvgIpc) is 2.66. The number of ether oxygens (including phenoxy) is 2. The molecule has 0 fully saturated rings. The molecule has 0 aromatic heterocycles. The Morgan fingerprint density at radius 3 is 2.43 bits per heavy atom. The number of hydrogen-bond donors (Lipinski definition) is 2. The third-order valence-electron chi connectivity index (χ3n) is 3.69. The second-order valence-electron chi connectivity index (χ2n) is 5.97. The van der Waals surface area contributed by atoms with Crippen LogP contribution in [0.2, 0.25) is 0 Å². The lowest BCUT2D eigenvalue weighted by atomic mass is 10.2. The number of amides is 2. The molecule has 0 heterocycles. The van der Waals surface area contributed by atoms with E-state index in [0.29, 0.717) is 17.0 Å². The summed E-state index contributed by atoms with van der Waals surface area (Å²) in [4.78, 5) is 34.9. The maximum absolute atomic E-state index is 13.2. The smallest absolute Gasteiger partial charge is 0.328 e. The van der Waals surface area contributed by atoms with Crippen molar-refractivity contribution >= 4 is 23.5 Å². The third kappa shape index (κ3) is 6.71. The zero-order valence-corrected chi connectivity index (χ0v) is 15.5. The molecule has 2 aromatic rings. The second-order valence-corrected chi connectivity index (χ2v) is 5.97. The molecule has 0 saturated heterocycles. The SMILES string of the molecule is COC(=O)C(CC(=O)Nc1ccc(OCc2cccc(F)c2)cc1)NC(C)=O. The molecule has 0 aliphatic heterocycles. The normalized spacial score (nSPS) is 11.2. The summed E-state index contributed by atoms with van der Waals surface area (Å²) < 4.78 is 23.3. The molecule has 1 unspecified atom stereocenters. The van der Waals surface area contributed by atoms with Gasteiger partial charge in [-0.15, -0.1) is 0 Å². The van der Waals surface area contributed by atoms with Crippen molar-refractivity contribution < 1.29 is 28.2 Å². The number of carbonyl (C=O) groups is 3. The Balaban J connectivity index is 1.89. The minimum absolute atomic E-state index is 0.209. The van der Waals surface area contributed by atoms with Crippen LogP contribution < -0.4 is 15.4 Å². The average molecular weight is 388 g/mol. The van der Waals surface area contributed by atoms with Gasteiger partial charge in [0.15, 0.2) is 0 Å². The van der Waals surface area contributed by atoms with Gasteiger partial charge in [-0.1, -0.05) is 12.1 Å². The van der Waals surface area contributed by atoms with Gasteiger partial charge >= 0.3 is 5.97 Å². The highest BCUT2D eigenvalue weighted by atomic mass is 19.1. The predicted molar refractivity (Wildman–Crippen MR) is 100 cm³/mol. The quantitative estimate of drug-likeness (QED) is 0.678. The van der Waals surface area contributed by atoms with Crippen molar-refractivity contribution in [1.29, 1.82) is 0 Å². The fraction of sp³-hybridized carbons (Fsp3) is 0.250. The summed E-state index contributed by atoms with van der Waals surface area (Å²) in [5.74, 6) is -1.39. The Kier molecular flexibility index (Phi) is 7.50. The molecule has 2 N–H and O–H groups in total. The van der Waals surface area contributed by atoms with Gasteiger partial charge in [0.25, 0.3) is 0 Å². The van der Waals surface area contributed by atoms with Crippen LogP contribution >= 0.6 is 0 Å². The van der Waals surface area contributed by atoms with Gasteiger partial charge in [-0.05, 0) is 42.0 Å². The number of esters is 1. The lowest BCUT2D eigenvalue weighted by Gasteiger charge is -2.15. The molecule has 2 amide bonds. The number of benzene rings is 2. The first-order valence-electron chi connectivity index (χ1n) is 8.49. The fourth-order valence-corrected chi connectivity index (χ4v) is 2.41. The van der Waals surface area contributed by atoms with Crippen molar-refractivity contribution in [3.63, 3.8) is 0 Å². The lowest BCUT2D eigenvalue weighted by Crippen LogP contribution is -2.42. The Hall–Kier alpha value is -3.42. The first-order chi connectivity index (χ1) is 13.4. The summed E-state index contributed by atoms with van der Waals surface area (Å²) in [5, 5.41) is 5.00.